The predicted molar refractivity (Wildman–Crippen MR) is 116 cm³/mol. The molecule has 2 heterocycles. The average Bonchev–Trinajstić information content (AvgIpc) is 3.32. The first-order valence-electron chi connectivity index (χ1n) is 9.39. The number of nitro benzene ring substituents is 1. The van der Waals surface area contributed by atoms with Crippen LogP contribution in [0.2, 0.25) is 0 Å². The SMILES string of the molecule is Cc1ccc(C(=O)CCC(=O)Nc2nc3scc(-c4ccc([N+](=O)[O-])cc4)n3n2)cc1. The van der Waals surface area contributed by atoms with Gasteiger partial charge in [-0.15, -0.1) is 16.4 Å². The number of carbonyl (C=O) groups excluding carboxylic acids is 2. The van der Waals surface area contributed by atoms with Crippen LogP contribution in [-0.4, -0.2) is 31.2 Å². The smallest absolute Gasteiger partial charge is 0.269 e. The number of non-ortho nitro benzene ring substituents is 1. The summed E-state index contributed by atoms with van der Waals surface area (Å²) in [5.74, 6) is -0.312. The molecule has 0 spiro atoms. The molecule has 0 aliphatic carbocycles. The van der Waals surface area contributed by atoms with Crippen LogP contribution in [0.1, 0.15) is 28.8 Å². The van der Waals surface area contributed by atoms with Gasteiger partial charge in [0.05, 0.1) is 10.6 Å². The summed E-state index contributed by atoms with van der Waals surface area (Å²) in [6, 6.07) is 13.3. The molecule has 0 aliphatic rings. The second-order valence-corrected chi connectivity index (χ2v) is 7.73. The molecule has 0 unspecified atom stereocenters. The van der Waals surface area contributed by atoms with E-state index >= 15 is 0 Å². The summed E-state index contributed by atoms with van der Waals surface area (Å²) in [4.78, 5) is 39.7. The van der Waals surface area contributed by atoms with Crippen molar-refractivity contribution in [2.45, 2.75) is 19.8 Å². The fraction of sp³-hybridized carbons (Fsp3) is 0.143. The Kier molecular flexibility index (Phi) is 5.54. The highest BCUT2D eigenvalue weighted by Crippen LogP contribution is 2.27. The Labute approximate surface area is 180 Å². The molecule has 0 saturated heterocycles. The van der Waals surface area contributed by atoms with Crippen molar-refractivity contribution in [3.63, 3.8) is 0 Å². The lowest BCUT2D eigenvalue weighted by molar-refractivity contribution is -0.384. The van der Waals surface area contributed by atoms with Crippen molar-refractivity contribution < 1.29 is 14.5 Å². The minimum Gasteiger partial charge on any atom is -0.294 e. The van der Waals surface area contributed by atoms with E-state index in [0.717, 1.165) is 11.1 Å². The average molecular weight is 435 g/mol. The second-order valence-electron chi connectivity index (χ2n) is 6.89. The van der Waals surface area contributed by atoms with E-state index in [9.17, 15) is 19.7 Å². The summed E-state index contributed by atoms with van der Waals surface area (Å²) >= 11 is 1.33. The molecule has 0 aliphatic heterocycles. The van der Waals surface area contributed by atoms with Crippen LogP contribution < -0.4 is 5.32 Å². The molecule has 0 atom stereocenters. The Balaban J connectivity index is 1.42. The zero-order valence-corrected chi connectivity index (χ0v) is 17.3. The highest BCUT2D eigenvalue weighted by Gasteiger charge is 2.15. The van der Waals surface area contributed by atoms with E-state index in [1.54, 1.807) is 28.8 Å². The van der Waals surface area contributed by atoms with Crippen LogP contribution in [0.5, 0.6) is 0 Å². The fourth-order valence-corrected chi connectivity index (χ4v) is 3.82. The molecule has 0 bridgehead atoms. The largest absolute Gasteiger partial charge is 0.294 e. The van der Waals surface area contributed by atoms with Crippen LogP contribution in [-0.2, 0) is 4.79 Å². The first kappa shape index (κ1) is 20.4. The van der Waals surface area contributed by atoms with Crippen LogP contribution in [0.25, 0.3) is 16.2 Å². The molecule has 0 fully saturated rings. The fourth-order valence-electron chi connectivity index (χ4n) is 2.98. The molecule has 2 aromatic carbocycles. The van der Waals surface area contributed by atoms with Crippen LogP contribution in [0.3, 0.4) is 0 Å². The first-order chi connectivity index (χ1) is 14.9. The maximum absolute atomic E-state index is 12.2. The molecule has 4 aromatic rings. The number of aromatic nitrogens is 3. The molecular weight excluding hydrogens is 418 g/mol. The molecule has 10 heteroatoms. The molecule has 31 heavy (non-hydrogen) atoms. The second kappa shape index (κ2) is 8.44. The number of amides is 1. The summed E-state index contributed by atoms with van der Waals surface area (Å²) in [6.07, 6.45) is 0.111. The van der Waals surface area contributed by atoms with Gasteiger partial charge in [0.15, 0.2) is 5.78 Å². The Bertz CT molecular complexity index is 1280. The van der Waals surface area contributed by atoms with E-state index < -0.39 is 4.92 Å². The number of nitro groups is 1. The van der Waals surface area contributed by atoms with Crippen molar-refractivity contribution in [3.05, 3.63) is 75.2 Å². The van der Waals surface area contributed by atoms with Crippen LogP contribution >= 0.6 is 11.3 Å². The number of hydrogen-bond donors (Lipinski definition) is 1. The van der Waals surface area contributed by atoms with Gasteiger partial charge in [0, 0.05) is 41.5 Å². The Hall–Kier alpha value is -3.92. The third-order valence-electron chi connectivity index (χ3n) is 4.66. The van der Waals surface area contributed by atoms with E-state index in [1.807, 2.05) is 24.4 Å². The van der Waals surface area contributed by atoms with Crippen molar-refractivity contribution in [1.29, 1.82) is 0 Å². The first-order valence-corrected chi connectivity index (χ1v) is 10.3. The molecule has 1 N–H and O–H groups in total. The number of benzene rings is 2. The normalized spacial score (nSPS) is 10.9. The van der Waals surface area contributed by atoms with Crippen LogP contribution in [0.15, 0.2) is 53.9 Å². The zero-order valence-electron chi connectivity index (χ0n) is 16.4. The van der Waals surface area contributed by atoms with Gasteiger partial charge in [-0.25, -0.2) is 4.52 Å². The molecule has 4 rings (SSSR count). The summed E-state index contributed by atoms with van der Waals surface area (Å²) in [5, 5.41) is 19.6. The van der Waals surface area contributed by atoms with E-state index in [4.69, 9.17) is 0 Å². The number of nitrogens with one attached hydrogen (secondary N) is 1. The highest BCUT2D eigenvalue weighted by atomic mass is 32.1. The minimum absolute atomic E-state index is 0.00181. The number of ketones is 1. The third kappa shape index (κ3) is 4.48. The van der Waals surface area contributed by atoms with Gasteiger partial charge in [-0.1, -0.05) is 29.8 Å². The third-order valence-corrected chi connectivity index (χ3v) is 5.48. The summed E-state index contributed by atoms with van der Waals surface area (Å²) < 4.78 is 1.57. The molecule has 2 aromatic heterocycles. The van der Waals surface area contributed by atoms with Crippen molar-refractivity contribution in [1.82, 2.24) is 14.6 Å². The highest BCUT2D eigenvalue weighted by molar-refractivity contribution is 7.15. The van der Waals surface area contributed by atoms with Crippen LogP contribution in [0.4, 0.5) is 11.6 Å². The number of thiazole rings is 1. The van der Waals surface area contributed by atoms with Gasteiger partial charge in [-0.2, -0.15) is 4.98 Å². The Morgan fingerprint density at radius 3 is 2.48 bits per heavy atom. The van der Waals surface area contributed by atoms with E-state index in [2.05, 4.69) is 15.4 Å². The van der Waals surface area contributed by atoms with Gasteiger partial charge in [-0.05, 0) is 19.1 Å². The molecule has 0 saturated carbocycles. The molecule has 156 valence electrons. The maximum atomic E-state index is 12.2. The van der Waals surface area contributed by atoms with Crippen molar-refractivity contribution in [3.8, 4) is 11.3 Å². The lowest BCUT2D eigenvalue weighted by Crippen LogP contribution is -2.14. The van der Waals surface area contributed by atoms with Gasteiger partial charge in [0.25, 0.3) is 5.69 Å². The maximum Gasteiger partial charge on any atom is 0.269 e. The molecular formula is C21H17N5O4S. The Morgan fingerprint density at radius 2 is 1.81 bits per heavy atom. The van der Waals surface area contributed by atoms with Gasteiger partial charge < -0.3 is 0 Å². The molecule has 0 radical (unpaired) electrons. The lowest BCUT2D eigenvalue weighted by atomic mass is 10.1. The number of Topliss-reactive ketones (excluding diaryl/α,β-unsaturated/α-hetero) is 1. The predicted octanol–water partition coefficient (Wildman–Crippen LogP) is 4.28. The number of rotatable bonds is 7. The van der Waals surface area contributed by atoms with Crippen molar-refractivity contribution >= 4 is 39.6 Å². The number of aryl methyl sites for hydroxylation is 1. The number of fused-ring (bicyclic) bond motifs is 1. The summed E-state index contributed by atoms with van der Waals surface area (Å²) in [6.45, 7) is 1.94. The lowest BCUT2D eigenvalue weighted by Gasteiger charge is -2.02. The Morgan fingerprint density at radius 1 is 1.10 bits per heavy atom. The van der Waals surface area contributed by atoms with Gasteiger partial charge in [0.2, 0.25) is 16.8 Å². The number of hydrogen-bond acceptors (Lipinski definition) is 7. The molecule has 1 amide bonds. The summed E-state index contributed by atoms with van der Waals surface area (Å²) in [7, 11) is 0. The number of nitrogens with zero attached hydrogens (tertiary/aromatic N) is 4. The topological polar surface area (TPSA) is 120 Å². The van der Waals surface area contributed by atoms with E-state index in [-0.39, 0.29) is 36.2 Å². The van der Waals surface area contributed by atoms with E-state index in [0.29, 0.717) is 16.2 Å². The quantitative estimate of drug-likeness (QED) is 0.263. The van der Waals surface area contributed by atoms with Gasteiger partial charge in [0.1, 0.15) is 0 Å². The standard InChI is InChI=1S/C21H17N5O4S/c1-13-2-4-15(5-3-13)18(27)10-11-19(28)22-20-23-21-25(24-20)17(12-31-21)14-6-8-16(9-7-14)26(29)30/h2-9,12H,10-11H2,1H3,(H,22,24,28). The van der Waals surface area contributed by atoms with Gasteiger partial charge >= 0.3 is 0 Å². The zero-order chi connectivity index (χ0) is 22.0. The van der Waals surface area contributed by atoms with Crippen molar-refractivity contribution in [2.24, 2.45) is 0 Å². The number of carbonyl (C=O) groups is 2. The minimum atomic E-state index is -0.459. The summed E-state index contributed by atoms with van der Waals surface area (Å²) in [5.41, 5.74) is 3.09. The monoisotopic (exact) mass is 435 g/mol. The number of anilines is 1. The van der Waals surface area contributed by atoms with E-state index in [1.165, 1.54) is 23.5 Å². The molecule has 9 nitrogen and oxygen atoms in total. The van der Waals surface area contributed by atoms with Gasteiger partial charge in [-0.3, -0.25) is 25.0 Å². The van der Waals surface area contributed by atoms with Crippen LogP contribution in [0, 0.1) is 17.0 Å². The van der Waals surface area contributed by atoms with Crippen molar-refractivity contribution in [2.75, 3.05) is 5.32 Å².